The van der Waals surface area contributed by atoms with E-state index < -0.39 is 5.91 Å². The highest BCUT2D eigenvalue weighted by Gasteiger charge is 2.14. The quantitative estimate of drug-likeness (QED) is 0.357. The third kappa shape index (κ3) is 1.60. The van der Waals surface area contributed by atoms with Crippen LogP contribution in [-0.4, -0.2) is 16.1 Å². The molecule has 0 heterocycles. The Morgan fingerprint density at radius 2 is 1.45 bits per heavy atom. The van der Waals surface area contributed by atoms with Crippen LogP contribution in [0.5, 0.6) is 11.5 Å². The summed E-state index contributed by atoms with van der Waals surface area (Å²) >= 11 is 0. The summed E-state index contributed by atoms with van der Waals surface area (Å²) < 4.78 is 0. The fourth-order valence-corrected chi connectivity index (χ4v) is 2.33. The van der Waals surface area contributed by atoms with E-state index in [1.807, 2.05) is 0 Å². The van der Waals surface area contributed by atoms with E-state index >= 15 is 0 Å². The fourth-order valence-electron chi connectivity index (χ4n) is 2.33. The molecule has 0 unspecified atom stereocenters. The van der Waals surface area contributed by atoms with Gasteiger partial charge in [-0.2, -0.15) is 0 Å². The molecule has 0 atom stereocenters. The molecule has 0 fully saturated rings. The van der Waals surface area contributed by atoms with Crippen LogP contribution in [0.4, 0.5) is 0 Å². The summed E-state index contributed by atoms with van der Waals surface area (Å²) in [4.78, 5) is 11.4. The molecule has 0 aliphatic rings. The van der Waals surface area contributed by atoms with Gasteiger partial charge in [-0.1, -0.05) is 24.3 Å². The maximum atomic E-state index is 11.4. The van der Waals surface area contributed by atoms with Crippen LogP contribution in [0.2, 0.25) is 0 Å². The predicted octanol–water partition coefficient (Wildman–Crippen LogP) is 3.58. The highest BCUT2D eigenvalue weighted by Crippen LogP contribution is 2.41. The van der Waals surface area contributed by atoms with E-state index in [1.54, 1.807) is 24.3 Å². The van der Waals surface area contributed by atoms with E-state index in [1.165, 1.54) is 18.2 Å². The summed E-state index contributed by atoms with van der Waals surface area (Å²) in [5, 5.41) is 25.3. The molecule has 5 nitrogen and oxygen atoms in total. The Morgan fingerprint density at radius 3 is 2.05 bits per heavy atom. The van der Waals surface area contributed by atoms with Crippen molar-refractivity contribution >= 4 is 27.5 Å². The molecule has 98 valence electrons. The van der Waals surface area contributed by atoms with Crippen molar-refractivity contribution in [3.05, 3.63) is 48.0 Å². The lowest BCUT2D eigenvalue weighted by Gasteiger charge is -2.10. The Morgan fingerprint density at radius 1 is 0.900 bits per heavy atom. The second-order valence-corrected chi connectivity index (χ2v) is 4.42. The normalized spacial score (nSPS) is 10.8. The molecule has 20 heavy (non-hydrogen) atoms. The van der Waals surface area contributed by atoms with Gasteiger partial charge in [0.1, 0.15) is 11.5 Å². The van der Waals surface area contributed by atoms with Crippen molar-refractivity contribution in [1.82, 2.24) is 0 Å². The summed E-state index contributed by atoms with van der Waals surface area (Å²) in [6.45, 7) is 0. The van der Waals surface area contributed by atoms with E-state index in [0.29, 0.717) is 21.5 Å². The smallest absolute Gasteiger partial charge is 0.294 e. The van der Waals surface area contributed by atoms with Crippen LogP contribution in [-0.2, 0) is 0 Å². The standard InChI is InChI=1S/C15H10N2O3/c16-17-15(20)8-5-6-11-12(7-8)14(19)10-4-2-1-3-9(10)13(11)18/h1-7,16,18-19H. The number of phenolic OH excluding ortho intramolecular Hbond substituents is 2. The molecule has 5 heteroatoms. The van der Waals surface area contributed by atoms with Crippen LogP contribution < -0.4 is 0 Å². The molecule has 0 radical (unpaired) electrons. The third-order valence-electron chi connectivity index (χ3n) is 3.32. The molecular formula is C15H10N2O3. The number of phenols is 2. The highest BCUT2D eigenvalue weighted by molar-refractivity contribution is 6.12. The van der Waals surface area contributed by atoms with Gasteiger partial charge in [0.05, 0.1) is 0 Å². The van der Waals surface area contributed by atoms with Crippen molar-refractivity contribution < 1.29 is 15.0 Å². The first-order valence-electron chi connectivity index (χ1n) is 5.91. The minimum atomic E-state index is -0.695. The lowest BCUT2D eigenvalue weighted by Crippen LogP contribution is -1.93. The van der Waals surface area contributed by atoms with Crippen LogP contribution in [0.25, 0.3) is 21.5 Å². The Hall–Kier alpha value is -2.95. The fraction of sp³-hybridized carbons (Fsp3) is 0. The maximum Gasteiger partial charge on any atom is 0.294 e. The average Bonchev–Trinajstić information content (AvgIpc) is 2.51. The molecule has 0 spiro atoms. The Bertz CT molecular complexity index is 872. The van der Waals surface area contributed by atoms with Gasteiger partial charge in [-0.3, -0.25) is 4.79 Å². The number of carbonyl (C=O) groups excluding carboxylic acids is 1. The summed E-state index contributed by atoms with van der Waals surface area (Å²) in [6.07, 6.45) is 0. The van der Waals surface area contributed by atoms with Crippen molar-refractivity contribution in [1.29, 1.82) is 5.53 Å². The number of fused-ring (bicyclic) bond motifs is 2. The molecular weight excluding hydrogens is 256 g/mol. The van der Waals surface area contributed by atoms with Crippen LogP contribution in [0, 0.1) is 5.53 Å². The Kier molecular flexibility index (Phi) is 2.61. The SMILES string of the molecule is N=NC(=O)c1ccc2c(O)c3ccccc3c(O)c2c1. The molecule has 1 amide bonds. The number of benzene rings is 3. The summed E-state index contributed by atoms with van der Waals surface area (Å²) in [7, 11) is 0. The van der Waals surface area contributed by atoms with Gasteiger partial charge in [0, 0.05) is 27.1 Å². The zero-order valence-electron chi connectivity index (χ0n) is 10.3. The molecule has 3 aromatic rings. The van der Waals surface area contributed by atoms with Crippen molar-refractivity contribution in [2.75, 3.05) is 0 Å². The zero-order chi connectivity index (χ0) is 14.3. The van der Waals surface area contributed by atoms with E-state index in [9.17, 15) is 15.0 Å². The second kappa shape index (κ2) is 4.31. The first-order valence-corrected chi connectivity index (χ1v) is 5.91. The van der Waals surface area contributed by atoms with Crippen LogP contribution >= 0.6 is 0 Å². The number of hydrogen-bond acceptors (Lipinski definition) is 4. The average molecular weight is 266 g/mol. The minimum Gasteiger partial charge on any atom is -0.507 e. The second-order valence-electron chi connectivity index (χ2n) is 4.42. The topological polar surface area (TPSA) is 93.7 Å². The van der Waals surface area contributed by atoms with Gasteiger partial charge in [-0.25, -0.2) is 5.53 Å². The van der Waals surface area contributed by atoms with Crippen LogP contribution in [0.3, 0.4) is 0 Å². The first-order chi connectivity index (χ1) is 9.63. The molecule has 3 N–H and O–H groups in total. The Labute approximate surface area is 113 Å². The maximum absolute atomic E-state index is 11.4. The number of amides is 1. The molecule has 3 aromatic carbocycles. The summed E-state index contributed by atoms with van der Waals surface area (Å²) in [6, 6.07) is 11.4. The van der Waals surface area contributed by atoms with Crippen molar-refractivity contribution in [2.24, 2.45) is 5.11 Å². The largest absolute Gasteiger partial charge is 0.507 e. The van der Waals surface area contributed by atoms with Crippen molar-refractivity contribution in [3.63, 3.8) is 0 Å². The van der Waals surface area contributed by atoms with Crippen molar-refractivity contribution in [2.45, 2.75) is 0 Å². The van der Waals surface area contributed by atoms with Gasteiger partial charge in [-0.15, -0.1) is 5.11 Å². The van der Waals surface area contributed by atoms with Crippen LogP contribution in [0.15, 0.2) is 47.6 Å². The van der Waals surface area contributed by atoms with E-state index in [2.05, 4.69) is 5.11 Å². The molecule has 0 aromatic heterocycles. The molecule has 0 bridgehead atoms. The number of hydrogen-bond donors (Lipinski definition) is 3. The number of nitrogens with one attached hydrogen (secondary N) is 1. The van der Waals surface area contributed by atoms with E-state index in [-0.39, 0.29) is 17.1 Å². The van der Waals surface area contributed by atoms with Gasteiger partial charge in [0.15, 0.2) is 0 Å². The van der Waals surface area contributed by atoms with Crippen LogP contribution in [0.1, 0.15) is 10.4 Å². The lowest BCUT2D eigenvalue weighted by atomic mass is 9.99. The first kappa shape index (κ1) is 12.1. The lowest BCUT2D eigenvalue weighted by molar-refractivity contribution is 0.0991. The Balaban J connectivity index is 2.46. The number of aromatic hydroxyl groups is 2. The van der Waals surface area contributed by atoms with Gasteiger partial charge in [0.25, 0.3) is 5.91 Å². The monoisotopic (exact) mass is 266 g/mol. The molecule has 3 rings (SSSR count). The molecule has 0 saturated heterocycles. The van der Waals surface area contributed by atoms with Gasteiger partial charge < -0.3 is 10.2 Å². The van der Waals surface area contributed by atoms with E-state index in [0.717, 1.165) is 0 Å². The number of nitrogens with zero attached hydrogens (tertiary/aromatic N) is 1. The third-order valence-corrected chi connectivity index (χ3v) is 3.32. The van der Waals surface area contributed by atoms with Gasteiger partial charge in [-0.05, 0) is 18.2 Å². The van der Waals surface area contributed by atoms with Crippen molar-refractivity contribution in [3.8, 4) is 11.5 Å². The van der Waals surface area contributed by atoms with Gasteiger partial charge in [0.2, 0.25) is 0 Å². The predicted molar refractivity (Wildman–Crippen MR) is 74.3 cm³/mol. The summed E-state index contributed by atoms with van der Waals surface area (Å²) in [5.74, 6) is -0.651. The highest BCUT2D eigenvalue weighted by atomic mass is 16.3. The summed E-state index contributed by atoms with van der Waals surface area (Å²) in [5.41, 5.74) is 6.94. The van der Waals surface area contributed by atoms with E-state index in [4.69, 9.17) is 5.53 Å². The zero-order valence-corrected chi connectivity index (χ0v) is 10.3. The number of carbonyl (C=O) groups is 1. The minimum absolute atomic E-state index is 0.00645. The molecule has 0 saturated carbocycles. The molecule has 0 aliphatic carbocycles. The molecule has 0 aliphatic heterocycles. The number of rotatable bonds is 1. The van der Waals surface area contributed by atoms with Gasteiger partial charge >= 0.3 is 0 Å².